The molecule has 0 aliphatic heterocycles. The van der Waals surface area contributed by atoms with Crippen molar-refractivity contribution in [1.82, 2.24) is 0 Å². The van der Waals surface area contributed by atoms with Crippen LogP contribution in [0, 0.1) is 3.57 Å². The molecule has 0 saturated heterocycles. The summed E-state index contributed by atoms with van der Waals surface area (Å²) in [5.74, 6) is -0.307. The first-order valence-corrected chi connectivity index (χ1v) is 6.71. The summed E-state index contributed by atoms with van der Waals surface area (Å²) >= 11 is 8.91. The third-order valence-electron chi connectivity index (χ3n) is 1.70. The van der Waals surface area contributed by atoms with E-state index in [1.165, 1.54) is 7.11 Å². The fourth-order valence-electron chi connectivity index (χ4n) is 1.03. The van der Waals surface area contributed by atoms with Gasteiger partial charge in [0.25, 0.3) is 0 Å². The van der Waals surface area contributed by atoms with Gasteiger partial charge in [-0.2, -0.15) is 0 Å². The van der Waals surface area contributed by atoms with Gasteiger partial charge in [0, 0.05) is 13.4 Å². The highest BCUT2D eigenvalue weighted by Crippen LogP contribution is 2.26. The van der Waals surface area contributed by atoms with Crippen molar-refractivity contribution in [1.29, 1.82) is 0 Å². The average Bonchev–Trinajstić information content (AvgIpc) is 2.15. The number of alkyl halides is 1. The van der Waals surface area contributed by atoms with Crippen LogP contribution in [0.15, 0.2) is 16.6 Å². The van der Waals surface area contributed by atoms with E-state index in [4.69, 9.17) is 4.74 Å². The SMILES string of the molecule is COC(=O)c1cc(I)cc(Br)c1CBr. The van der Waals surface area contributed by atoms with Gasteiger partial charge in [-0.15, -0.1) is 0 Å². The highest BCUT2D eigenvalue weighted by Gasteiger charge is 2.14. The second-order valence-corrected chi connectivity index (χ2v) is 5.20. The third-order valence-corrected chi connectivity index (χ3v) is 3.59. The molecule has 2 nitrogen and oxygen atoms in total. The Morgan fingerprint density at radius 2 is 2.21 bits per heavy atom. The van der Waals surface area contributed by atoms with E-state index >= 15 is 0 Å². The van der Waals surface area contributed by atoms with Crippen molar-refractivity contribution in [3.8, 4) is 0 Å². The fraction of sp³-hybridized carbons (Fsp3) is 0.222. The number of halogens is 3. The van der Waals surface area contributed by atoms with Crippen molar-refractivity contribution >= 4 is 60.4 Å². The van der Waals surface area contributed by atoms with Crippen LogP contribution in [0.25, 0.3) is 0 Å². The molecule has 76 valence electrons. The van der Waals surface area contributed by atoms with Crippen molar-refractivity contribution in [3.05, 3.63) is 31.3 Å². The van der Waals surface area contributed by atoms with E-state index in [0.717, 1.165) is 13.6 Å². The van der Waals surface area contributed by atoms with Gasteiger partial charge in [0.1, 0.15) is 0 Å². The van der Waals surface area contributed by atoms with Gasteiger partial charge in [-0.05, 0) is 40.3 Å². The zero-order valence-electron chi connectivity index (χ0n) is 7.31. The van der Waals surface area contributed by atoms with E-state index in [1.807, 2.05) is 12.1 Å². The van der Waals surface area contributed by atoms with Crippen LogP contribution in [0.2, 0.25) is 0 Å². The predicted molar refractivity (Wildman–Crippen MR) is 70.8 cm³/mol. The first kappa shape index (κ1) is 12.4. The smallest absolute Gasteiger partial charge is 0.338 e. The molecule has 0 unspecified atom stereocenters. The van der Waals surface area contributed by atoms with Gasteiger partial charge in [-0.25, -0.2) is 4.79 Å². The van der Waals surface area contributed by atoms with Gasteiger partial charge >= 0.3 is 5.97 Å². The van der Waals surface area contributed by atoms with Gasteiger partial charge in [-0.3, -0.25) is 0 Å². The van der Waals surface area contributed by atoms with Crippen molar-refractivity contribution in [2.45, 2.75) is 5.33 Å². The lowest BCUT2D eigenvalue weighted by atomic mass is 10.1. The van der Waals surface area contributed by atoms with Crippen LogP contribution in [0.3, 0.4) is 0 Å². The molecule has 1 aromatic carbocycles. The van der Waals surface area contributed by atoms with E-state index < -0.39 is 0 Å². The minimum Gasteiger partial charge on any atom is -0.465 e. The molecule has 0 aliphatic carbocycles. The lowest BCUT2D eigenvalue weighted by Crippen LogP contribution is -2.06. The molecule has 0 N–H and O–H groups in total. The van der Waals surface area contributed by atoms with E-state index in [2.05, 4.69) is 54.5 Å². The summed E-state index contributed by atoms with van der Waals surface area (Å²) in [6.07, 6.45) is 0. The molecule has 0 heterocycles. The fourth-order valence-corrected chi connectivity index (χ4v) is 3.66. The van der Waals surface area contributed by atoms with Crippen LogP contribution in [0.5, 0.6) is 0 Å². The molecule has 0 amide bonds. The Hall–Kier alpha value is 0.380. The predicted octanol–water partition coefficient (Wildman–Crippen LogP) is 3.74. The standard InChI is InChI=1S/C9H7Br2IO2/c1-14-9(13)6-2-5(12)3-8(11)7(6)4-10/h2-3H,4H2,1H3. The Kier molecular flexibility index (Phi) is 4.86. The van der Waals surface area contributed by atoms with Crippen LogP contribution < -0.4 is 0 Å². The summed E-state index contributed by atoms with van der Waals surface area (Å²) < 4.78 is 6.62. The second-order valence-electron chi connectivity index (χ2n) is 2.54. The molecule has 0 aromatic heterocycles. The maximum atomic E-state index is 11.4. The molecular weight excluding hydrogens is 427 g/mol. The van der Waals surface area contributed by atoms with Crippen LogP contribution in [0.1, 0.15) is 15.9 Å². The molecule has 0 fully saturated rings. The maximum Gasteiger partial charge on any atom is 0.338 e. The summed E-state index contributed by atoms with van der Waals surface area (Å²) in [5, 5.41) is 0.620. The molecule has 0 spiro atoms. The molecular formula is C9H7Br2IO2. The summed E-state index contributed by atoms with van der Waals surface area (Å²) in [5.41, 5.74) is 1.51. The lowest BCUT2D eigenvalue weighted by molar-refractivity contribution is 0.0599. The monoisotopic (exact) mass is 432 g/mol. The highest BCUT2D eigenvalue weighted by molar-refractivity contribution is 14.1. The Morgan fingerprint density at radius 3 is 2.71 bits per heavy atom. The number of esters is 1. The lowest BCUT2D eigenvalue weighted by Gasteiger charge is -2.08. The Balaban J connectivity index is 3.32. The number of methoxy groups -OCH3 is 1. The Morgan fingerprint density at radius 1 is 1.57 bits per heavy atom. The molecule has 0 atom stereocenters. The average molecular weight is 434 g/mol. The molecule has 0 aliphatic rings. The van der Waals surface area contributed by atoms with Crippen molar-refractivity contribution < 1.29 is 9.53 Å². The number of hydrogen-bond donors (Lipinski definition) is 0. The van der Waals surface area contributed by atoms with Crippen molar-refractivity contribution in [3.63, 3.8) is 0 Å². The number of rotatable bonds is 2. The zero-order valence-corrected chi connectivity index (χ0v) is 12.6. The van der Waals surface area contributed by atoms with Gasteiger partial charge in [0.15, 0.2) is 0 Å². The van der Waals surface area contributed by atoms with E-state index in [0.29, 0.717) is 10.9 Å². The summed E-state index contributed by atoms with van der Waals surface area (Å²) in [7, 11) is 1.38. The molecule has 1 rings (SSSR count). The minimum atomic E-state index is -0.307. The summed E-state index contributed by atoms with van der Waals surface area (Å²) in [6, 6.07) is 3.78. The minimum absolute atomic E-state index is 0.307. The molecule has 0 bridgehead atoms. The normalized spacial score (nSPS) is 10.0. The van der Waals surface area contributed by atoms with Gasteiger partial charge < -0.3 is 4.74 Å². The molecule has 5 heteroatoms. The van der Waals surface area contributed by atoms with Crippen LogP contribution in [0.4, 0.5) is 0 Å². The first-order valence-electron chi connectivity index (χ1n) is 3.72. The maximum absolute atomic E-state index is 11.4. The second kappa shape index (κ2) is 5.46. The number of carbonyl (C=O) groups is 1. The molecule has 14 heavy (non-hydrogen) atoms. The van der Waals surface area contributed by atoms with E-state index in [-0.39, 0.29) is 5.97 Å². The number of carbonyl (C=O) groups excluding carboxylic acids is 1. The highest BCUT2D eigenvalue weighted by atomic mass is 127. The number of ether oxygens (including phenoxy) is 1. The van der Waals surface area contributed by atoms with E-state index in [1.54, 1.807) is 0 Å². The topological polar surface area (TPSA) is 26.3 Å². The van der Waals surface area contributed by atoms with Gasteiger partial charge in [0.2, 0.25) is 0 Å². The van der Waals surface area contributed by atoms with Crippen LogP contribution in [-0.2, 0) is 10.1 Å². The zero-order chi connectivity index (χ0) is 10.7. The van der Waals surface area contributed by atoms with E-state index in [9.17, 15) is 4.79 Å². The Labute approximate surface area is 113 Å². The largest absolute Gasteiger partial charge is 0.465 e. The quantitative estimate of drug-likeness (QED) is 0.403. The molecule has 1 aromatic rings. The van der Waals surface area contributed by atoms with Gasteiger partial charge in [0.05, 0.1) is 12.7 Å². The number of hydrogen-bond acceptors (Lipinski definition) is 2. The van der Waals surface area contributed by atoms with Crippen molar-refractivity contribution in [2.75, 3.05) is 7.11 Å². The summed E-state index contributed by atoms with van der Waals surface area (Å²) in [6.45, 7) is 0. The van der Waals surface area contributed by atoms with Crippen molar-refractivity contribution in [2.24, 2.45) is 0 Å². The Bertz CT molecular complexity index is 366. The third kappa shape index (κ3) is 2.70. The summed E-state index contributed by atoms with van der Waals surface area (Å²) in [4.78, 5) is 11.4. The first-order chi connectivity index (χ1) is 6.60. The molecule has 0 radical (unpaired) electrons. The van der Waals surface area contributed by atoms with Crippen LogP contribution >= 0.6 is 54.5 Å². The van der Waals surface area contributed by atoms with Gasteiger partial charge in [-0.1, -0.05) is 31.9 Å². The molecule has 0 saturated carbocycles. The van der Waals surface area contributed by atoms with Crippen LogP contribution in [-0.4, -0.2) is 13.1 Å². The number of benzene rings is 1.